The van der Waals surface area contributed by atoms with E-state index in [-0.39, 0.29) is 12.0 Å². The Balaban J connectivity index is 1.40. The van der Waals surface area contributed by atoms with Crippen LogP contribution in [0, 0.1) is 0 Å². The number of nitrogens with one attached hydrogen (secondary N) is 1. The number of benzene rings is 2. The maximum absolute atomic E-state index is 12.0. The predicted molar refractivity (Wildman–Crippen MR) is 128 cm³/mol. The number of rotatable bonds is 6. The molecule has 1 unspecified atom stereocenters. The number of ether oxygens (including phenoxy) is 2. The van der Waals surface area contributed by atoms with Crippen LogP contribution in [-0.2, 0) is 28.6 Å². The molecule has 2 aromatic carbocycles. The van der Waals surface area contributed by atoms with E-state index in [1.54, 1.807) is 7.11 Å². The van der Waals surface area contributed by atoms with Gasteiger partial charge in [-0.3, -0.25) is 9.52 Å². The number of hydrogen-bond acceptors (Lipinski definition) is 5. The van der Waals surface area contributed by atoms with E-state index in [9.17, 15) is 9.00 Å². The molecule has 5 rings (SSSR count). The Morgan fingerprint density at radius 2 is 1.91 bits per heavy atom. The maximum atomic E-state index is 12.0. The van der Waals surface area contributed by atoms with Crippen LogP contribution in [0.4, 0.5) is 0 Å². The molecule has 0 bridgehead atoms. The number of amides is 1. The number of carbonyl (C=O) groups is 1. The molecule has 1 aliphatic heterocycles. The van der Waals surface area contributed by atoms with Crippen LogP contribution >= 0.6 is 0 Å². The van der Waals surface area contributed by atoms with Gasteiger partial charge in [0.05, 0.1) is 17.7 Å². The van der Waals surface area contributed by atoms with Gasteiger partial charge in [0.15, 0.2) is 11.0 Å². The molecule has 3 aromatic rings. The smallest absolute Gasteiger partial charge is 0.257 e. The summed E-state index contributed by atoms with van der Waals surface area (Å²) in [7, 11) is 0.135. The zero-order valence-corrected chi connectivity index (χ0v) is 19.3. The molecular formula is C26H24N2O4S. The van der Waals surface area contributed by atoms with Crippen molar-refractivity contribution in [1.82, 2.24) is 9.71 Å². The van der Waals surface area contributed by atoms with Crippen molar-refractivity contribution >= 4 is 21.8 Å². The summed E-state index contributed by atoms with van der Waals surface area (Å²) < 4.78 is 26.0. The number of hydrogen-bond donors (Lipinski definition) is 1. The number of fused-ring (bicyclic) bond motifs is 1. The highest BCUT2D eigenvalue weighted by molar-refractivity contribution is 7.93. The van der Waals surface area contributed by atoms with Crippen LogP contribution in [-0.4, -0.2) is 22.2 Å². The first kappa shape index (κ1) is 21.4. The molecule has 2 heterocycles. The molecule has 0 saturated heterocycles. The molecule has 2 atom stereocenters. The molecule has 0 spiro atoms. The average Bonchev–Trinajstić information content (AvgIpc) is 3.41. The molecular weight excluding hydrogens is 436 g/mol. The van der Waals surface area contributed by atoms with Crippen LogP contribution in [0.25, 0.3) is 16.0 Å². The molecule has 1 aromatic heterocycles. The largest absolute Gasteiger partial charge is 0.486 e. The summed E-state index contributed by atoms with van der Waals surface area (Å²) >= 11 is 0. The fourth-order valence-corrected chi connectivity index (χ4v) is 5.42. The number of aromatic nitrogens is 1. The number of methoxy groups -OCH3 is 1. The fraction of sp³-hybridized carbons (Fsp3) is 0.231. The van der Waals surface area contributed by atoms with E-state index in [0.717, 1.165) is 41.8 Å². The Morgan fingerprint density at radius 1 is 1.09 bits per heavy atom. The highest BCUT2D eigenvalue weighted by atomic mass is 32.2. The van der Waals surface area contributed by atoms with E-state index in [4.69, 9.17) is 9.47 Å². The van der Waals surface area contributed by atoms with Crippen molar-refractivity contribution in [2.75, 3.05) is 7.11 Å². The molecule has 0 fully saturated rings. The van der Waals surface area contributed by atoms with Gasteiger partial charge in [0.1, 0.15) is 11.9 Å². The van der Waals surface area contributed by atoms with Gasteiger partial charge in [-0.15, -0.1) is 0 Å². The lowest BCUT2D eigenvalue weighted by Gasteiger charge is -2.17. The molecule has 0 saturated carbocycles. The van der Waals surface area contributed by atoms with Gasteiger partial charge >= 0.3 is 0 Å². The van der Waals surface area contributed by atoms with Crippen LogP contribution in [0.1, 0.15) is 41.8 Å². The van der Waals surface area contributed by atoms with Crippen LogP contribution in [0.15, 0.2) is 60.7 Å². The molecule has 2 aliphatic rings. The zero-order chi connectivity index (χ0) is 22.9. The fourth-order valence-electron chi connectivity index (χ4n) is 4.50. The lowest BCUT2D eigenvalue weighted by atomic mass is 9.95. The van der Waals surface area contributed by atoms with Crippen LogP contribution in [0.2, 0.25) is 0 Å². The summed E-state index contributed by atoms with van der Waals surface area (Å²) in [4.78, 5) is 16.6. The first-order valence-electron chi connectivity index (χ1n) is 10.9. The van der Waals surface area contributed by atoms with Gasteiger partial charge in [-0.1, -0.05) is 37.3 Å². The predicted octanol–water partition coefficient (Wildman–Crippen LogP) is 4.52. The Bertz CT molecular complexity index is 1280. The maximum Gasteiger partial charge on any atom is 0.257 e. The van der Waals surface area contributed by atoms with Gasteiger partial charge in [-0.25, -0.2) is 9.19 Å². The molecule has 33 heavy (non-hydrogen) atoms. The van der Waals surface area contributed by atoms with Gasteiger partial charge < -0.3 is 9.47 Å². The third kappa shape index (κ3) is 4.04. The van der Waals surface area contributed by atoms with Crippen molar-refractivity contribution in [2.45, 2.75) is 32.3 Å². The van der Waals surface area contributed by atoms with E-state index >= 15 is 0 Å². The summed E-state index contributed by atoms with van der Waals surface area (Å²) in [5, 5.41) is 0. The van der Waals surface area contributed by atoms with Gasteiger partial charge in [0, 0.05) is 17.7 Å². The summed E-state index contributed by atoms with van der Waals surface area (Å²) in [6.45, 7) is 2.10. The second kappa shape index (κ2) is 8.83. The minimum absolute atomic E-state index is 0.0369. The third-order valence-corrected chi connectivity index (χ3v) is 7.21. The number of carbonyl (C=O) groups excluding carboxylic acids is 1. The highest BCUT2D eigenvalue weighted by Crippen LogP contribution is 2.41. The molecule has 1 N–H and O–H groups in total. The van der Waals surface area contributed by atoms with E-state index < -0.39 is 11.0 Å². The van der Waals surface area contributed by atoms with Crippen molar-refractivity contribution in [1.29, 1.82) is 0 Å². The van der Waals surface area contributed by atoms with E-state index in [1.165, 1.54) is 22.8 Å². The first-order valence-corrected chi connectivity index (χ1v) is 12.1. The summed E-state index contributed by atoms with van der Waals surface area (Å²) in [5.74, 6) is 1.04. The third-order valence-electron chi connectivity index (χ3n) is 6.07. The zero-order valence-electron chi connectivity index (χ0n) is 18.5. The lowest BCUT2D eigenvalue weighted by Crippen LogP contribution is -2.16. The molecule has 0 radical (unpaired) electrons. The van der Waals surface area contributed by atoms with Crippen molar-refractivity contribution in [3.8, 4) is 22.8 Å². The molecule has 7 heteroatoms. The van der Waals surface area contributed by atoms with Crippen LogP contribution in [0.3, 0.4) is 0 Å². The Morgan fingerprint density at radius 3 is 2.61 bits per heavy atom. The van der Waals surface area contributed by atoms with Gasteiger partial charge in [-0.2, -0.15) is 0 Å². The van der Waals surface area contributed by atoms with Gasteiger partial charge in [0.25, 0.3) is 5.91 Å². The number of pyridine rings is 1. The minimum atomic E-state index is -1.50. The summed E-state index contributed by atoms with van der Waals surface area (Å²) in [5.41, 5.74) is 6.61. The van der Waals surface area contributed by atoms with Crippen LogP contribution in [0.5, 0.6) is 11.6 Å². The van der Waals surface area contributed by atoms with Crippen molar-refractivity contribution in [3.63, 3.8) is 0 Å². The number of nitrogens with zero attached hydrogens (tertiary/aromatic N) is 1. The Hall–Kier alpha value is -3.45. The van der Waals surface area contributed by atoms with Gasteiger partial charge in [0.2, 0.25) is 5.88 Å². The van der Waals surface area contributed by atoms with E-state index in [0.29, 0.717) is 10.8 Å². The average molecular weight is 461 g/mol. The Labute approximate surface area is 195 Å². The standard InChI is InChI=1S/C26H24N2O4S/c1-3-22-20(12-14-26(27-22)31-2)18-5-4-6-21-19(18)11-13-23(21)32-17-9-7-16(8-10-17)24-15-25(29)28-33(24)30/h4-10,12,14-15,23H,3,11,13H2,1-2H3,(H,28,29)/t23-,33?/m1/s1. The lowest BCUT2D eigenvalue weighted by molar-refractivity contribution is -0.114. The molecule has 1 amide bonds. The normalized spacial score (nSPS) is 19.1. The van der Waals surface area contributed by atoms with Crippen LogP contribution < -0.4 is 14.2 Å². The Kier molecular flexibility index (Phi) is 5.72. The topological polar surface area (TPSA) is 77.5 Å². The number of aryl methyl sites for hydroxylation is 1. The summed E-state index contributed by atoms with van der Waals surface area (Å²) in [6, 6.07) is 17.8. The highest BCUT2D eigenvalue weighted by Gasteiger charge is 2.27. The monoisotopic (exact) mass is 460 g/mol. The molecule has 1 aliphatic carbocycles. The SMILES string of the molecule is CCc1nc(OC)ccc1-c1cccc2c1CC[C@H]2Oc1ccc(C2=CC(=O)NS2=O)cc1. The van der Waals surface area contributed by atoms with Crippen molar-refractivity contribution < 1.29 is 18.5 Å². The second-order valence-corrected chi connectivity index (χ2v) is 9.17. The second-order valence-electron chi connectivity index (χ2n) is 7.99. The van der Waals surface area contributed by atoms with E-state index in [1.807, 2.05) is 30.3 Å². The van der Waals surface area contributed by atoms with Crippen molar-refractivity contribution in [2.24, 2.45) is 0 Å². The quantitative estimate of drug-likeness (QED) is 0.585. The summed E-state index contributed by atoms with van der Waals surface area (Å²) in [6.07, 6.45) is 3.99. The molecule has 168 valence electrons. The first-order chi connectivity index (χ1) is 16.1. The van der Waals surface area contributed by atoms with E-state index in [2.05, 4.69) is 40.9 Å². The van der Waals surface area contributed by atoms with Crippen molar-refractivity contribution in [3.05, 3.63) is 83.1 Å². The van der Waals surface area contributed by atoms with Gasteiger partial charge in [-0.05, 0) is 59.7 Å². The molecule has 6 nitrogen and oxygen atoms in total. The minimum Gasteiger partial charge on any atom is -0.486 e.